The fourth-order valence-corrected chi connectivity index (χ4v) is 4.03. The third-order valence-electron chi connectivity index (χ3n) is 1.71. The third kappa shape index (κ3) is 2.07. The van der Waals surface area contributed by atoms with Gasteiger partial charge < -0.3 is 5.11 Å². The molecule has 0 aromatic rings. The van der Waals surface area contributed by atoms with E-state index in [9.17, 15) is 5.11 Å². The summed E-state index contributed by atoms with van der Waals surface area (Å²) in [5.74, 6) is 2.44. The molecule has 0 aliphatic carbocycles. The predicted molar refractivity (Wildman–Crippen MR) is 49.8 cm³/mol. The highest BCUT2D eigenvalue weighted by molar-refractivity contribution is 8.07. The maximum Gasteiger partial charge on any atom is 0.0641 e. The fourth-order valence-electron chi connectivity index (χ4n) is 1.18. The minimum atomic E-state index is -0.146. The van der Waals surface area contributed by atoms with E-state index in [1.165, 1.54) is 11.5 Å². The first kappa shape index (κ1) is 8.75. The molecule has 1 rings (SSSR count). The molecule has 0 radical (unpaired) electrons. The van der Waals surface area contributed by atoms with Crippen molar-refractivity contribution in [2.75, 3.05) is 11.5 Å². The SMILES string of the molecule is CC(O)C1SCCSC1C. The van der Waals surface area contributed by atoms with Crippen LogP contribution in [0.5, 0.6) is 0 Å². The number of thioether (sulfide) groups is 2. The molecule has 1 heterocycles. The maximum absolute atomic E-state index is 9.31. The second-order valence-corrected chi connectivity index (χ2v) is 5.42. The van der Waals surface area contributed by atoms with Crippen molar-refractivity contribution < 1.29 is 5.11 Å². The first-order chi connectivity index (χ1) is 4.72. The molecular weight excluding hydrogens is 164 g/mol. The minimum absolute atomic E-state index is 0.146. The average Bonchev–Trinajstić information content (AvgIpc) is 1.88. The fraction of sp³-hybridized carbons (Fsp3) is 1.00. The van der Waals surface area contributed by atoms with Crippen LogP contribution in [-0.2, 0) is 0 Å². The summed E-state index contributed by atoms with van der Waals surface area (Å²) in [5, 5.41) is 10.4. The van der Waals surface area contributed by atoms with E-state index >= 15 is 0 Å². The quantitative estimate of drug-likeness (QED) is 0.658. The standard InChI is InChI=1S/C7H14OS2/c1-5(8)7-6(2)9-3-4-10-7/h5-8H,3-4H2,1-2H3. The van der Waals surface area contributed by atoms with E-state index < -0.39 is 0 Å². The zero-order chi connectivity index (χ0) is 7.56. The molecule has 0 saturated carbocycles. The van der Waals surface area contributed by atoms with Crippen molar-refractivity contribution in [3.63, 3.8) is 0 Å². The van der Waals surface area contributed by atoms with E-state index in [2.05, 4.69) is 6.92 Å². The monoisotopic (exact) mass is 178 g/mol. The Bertz CT molecular complexity index is 106. The topological polar surface area (TPSA) is 20.2 Å². The summed E-state index contributed by atoms with van der Waals surface area (Å²) in [7, 11) is 0. The van der Waals surface area contributed by atoms with Crippen LogP contribution >= 0.6 is 23.5 Å². The maximum atomic E-state index is 9.31. The average molecular weight is 178 g/mol. The smallest absolute Gasteiger partial charge is 0.0641 e. The molecule has 3 unspecified atom stereocenters. The molecular formula is C7H14OS2. The van der Waals surface area contributed by atoms with Gasteiger partial charge in [-0.25, -0.2) is 0 Å². The van der Waals surface area contributed by atoms with E-state index in [0.29, 0.717) is 10.5 Å². The molecule has 1 saturated heterocycles. The van der Waals surface area contributed by atoms with Crippen LogP contribution in [0.1, 0.15) is 13.8 Å². The van der Waals surface area contributed by atoms with E-state index in [1.807, 2.05) is 30.4 Å². The molecule has 3 heteroatoms. The summed E-state index contributed by atoms with van der Waals surface area (Å²) in [4.78, 5) is 0. The Morgan fingerprint density at radius 3 is 2.40 bits per heavy atom. The van der Waals surface area contributed by atoms with Crippen molar-refractivity contribution in [2.24, 2.45) is 0 Å². The Hall–Kier alpha value is 0.660. The van der Waals surface area contributed by atoms with Crippen LogP contribution in [0.3, 0.4) is 0 Å². The highest BCUT2D eigenvalue weighted by Gasteiger charge is 2.25. The number of rotatable bonds is 1. The van der Waals surface area contributed by atoms with Crippen LogP contribution in [0.4, 0.5) is 0 Å². The van der Waals surface area contributed by atoms with E-state index in [0.717, 1.165) is 0 Å². The van der Waals surface area contributed by atoms with Crippen LogP contribution in [-0.4, -0.2) is 33.2 Å². The van der Waals surface area contributed by atoms with Crippen LogP contribution < -0.4 is 0 Å². The van der Waals surface area contributed by atoms with Gasteiger partial charge in [-0.05, 0) is 6.92 Å². The van der Waals surface area contributed by atoms with Gasteiger partial charge >= 0.3 is 0 Å². The van der Waals surface area contributed by atoms with Crippen molar-refractivity contribution in [1.29, 1.82) is 0 Å². The highest BCUT2D eigenvalue weighted by Crippen LogP contribution is 2.32. The van der Waals surface area contributed by atoms with Crippen molar-refractivity contribution in [2.45, 2.75) is 30.5 Å². The van der Waals surface area contributed by atoms with Gasteiger partial charge in [0.05, 0.1) is 6.10 Å². The molecule has 60 valence electrons. The molecule has 0 aromatic heterocycles. The van der Waals surface area contributed by atoms with Crippen molar-refractivity contribution >= 4 is 23.5 Å². The van der Waals surface area contributed by atoms with Gasteiger partial charge in [0.25, 0.3) is 0 Å². The molecule has 0 aromatic carbocycles. The zero-order valence-corrected chi connectivity index (χ0v) is 8.04. The third-order valence-corrected chi connectivity index (χ3v) is 5.03. The Balaban J connectivity index is 2.40. The van der Waals surface area contributed by atoms with E-state index in [1.54, 1.807) is 0 Å². The molecule has 1 nitrogen and oxygen atoms in total. The lowest BCUT2D eigenvalue weighted by molar-refractivity contribution is 0.191. The summed E-state index contributed by atoms with van der Waals surface area (Å²) in [6, 6.07) is 0. The van der Waals surface area contributed by atoms with Gasteiger partial charge in [-0.3, -0.25) is 0 Å². The Morgan fingerprint density at radius 2 is 2.00 bits per heavy atom. The van der Waals surface area contributed by atoms with Crippen LogP contribution in [0, 0.1) is 0 Å². The lowest BCUT2D eigenvalue weighted by atomic mass is 10.2. The van der Waals surface area contributed by atoms with Gasteiger partial charge in [-0.15, -0.1) is 0 Å². The van der Waals surface area contributed by atoms with Crippen LogP contribution in [0.15, 0.2) is 0 Å². The van der Waals surface area contributed by atoms with Gasteiger partial charge in [0.1, 0.15) is 0 Å². The lowest BCUT2D eigenvalue weighted by Crippen LogP contribution is -2.32. The first-order valence-corrected chi connectivity index (χ1v) is 5.73. The second-order valence-electron chi connectivity index (χ2n) is 2.65. The first-order valence-electron chi connectivity index (χ1n) is 3.63. The zero-order valence-electron chi connectivity index (χ0n) is 6.41. The van der Waals surface area contributed by atoms with Crippen LogP contribution in [0.25, 0.3) is 0 Å². The second kappa shape index (κ2) is 3.88. The number of hydrogen-bond acceptors (Lipinski definition) is 3. The summed E-state index contributed by atoms with van der Waals surface area (Å²) in [6.45, 7) is 4.09. The van der Waals surface area contributed by atoms with Gasteiger partial charge in [0.2, 0.25) is 0 Å². The number of aliphatic hydroxyl groups is 1. The van der Waals surface area contributed by atoms with Gasteiger partial charge in [0, 0.05) is 22.0 Å². The normalized spacial score (nSPS) is 37.5. The summed E-state index contributed by atoms with van der Waals surface area (Å²) < 4.78 is 0. The van der Waals surface area contributed by atoms with Gasteiger partial charge in [-0.2, -0.15) is 23.5 Å². The lowest BCUT2D eigenvalue weighted by Gasteiger charge is -2.29. The Morgan fingerprint density at radius 1 is 1.40 bits per heavy atom. The van der Waals surface area contributed by atoms with Gasteiger partial charge in [-0.1, -0.05) is 6.92 Å². The van der Waals surface area contributed by atoms with Crippen molar-refractivity contribution in [3.05, 3.63) is 0 Å². The molecule has 1 aliphatic rings. The Kier molecular flexibility index (Phi) is 3.40. The molecule has 10 heavy (non-hydrogen) atoms. The highest BCUT2D eigenvalue weighted by atomic mass is 32.2. The van der Waals surface area contributed by atoms with Gasteiger partial charge in [0.15, 0.2) is 0 Å². The Labute approximate surface area is 71.0 Å². The molecule has 1 fully saturated rings. The summed E-state index contributed by atoms with van der Waals surface area (Å²) >= 11 is 3.88. The number of aliphatic hydroxyl groups excluding tert-OH is 1. The summed E-state index contributed by atoms with van der Waals surface area (Å²) in [5.41, 5.74) is 0. The molecule has 1 N–H and O–H groups in total. The predicted octanol–water partition coefficient (Wildman–Crippen LogP) is 1.60. The summed E-state index contributed by atoms with van der Waals surface area (Å²) in [6.07, 6.45) is -0.146. The molecule has 0 spiro atoms. The van der Waals surface area contributed by atoms with Crippen molar-refractivity contribution in [1.82, 2.24) is 0 Å². The molecule has 0 amide bonds. The van der Waals surface area contributed by atoms with Crippen molar-refractivity contribution in [3.8, 4) is 0 Å². The molecule has 3 atom stereocenters. The molecule has 0 bridgehead atoms. The number of hydrogen-bond donors (Lipinski definition) is 1. The minimum Gasteiger partial charge on any atom is -0.392 e. The molecule has 1 aliphatic heterocycles. The van der Waals surface area contributed by atoms with E-state index in [4.69, 9.17) is 0 Å². The van der Waals surface area contributed by atoms with Crippen LogP contribution in [0.2, 0.25) is 0 Å². The largest absolute Gasteiger partial charge is 0.392 e. The van der Waals surface area contributed by atoms with E-state index in [-0.39, 0.29) is 6.10 Å².